The van der Waals surface area contributed by atoms with Gasteiger partial charge in [-0.25, -0.2) is 0 Å². The zero-order valence-electron chi connectivity index (χ0n) is 17.3. The van der Waals surface area contributed by atoms with Crippen molar-refractivity contribution >= 4 is 5.91 Å². The highest BCUT2D eigenvalue weighted by molar-refractivity contribution is 5.94. The van der Waals surface area contributed by atoms with Gasteiger partial charge in [-0.15, -0.1) is 0 Å². The molecule has 0 saturated heterocycles. The third-order valence-electron chi connectivity index (χ3n) is 4.46. The minimum Gasteiger partial charge on any atom is -0.496 e. The second-order valence-corrected chi connectivity index (χ2v) is 6.65. The van der Waals surface area contributed by atoms with Crippen molar-refractivity contribution in [3.05, 3.63) is 53.6 Å². The number of benzene rings is 2. The standard InChI is InChI=1S/C22H30N2O4/c1-6-13-28-20-12-11-16(14-21(20)27-5)22(25)23-15-18(24(2)3)17-9-7-8-10-19(17)26-4/h7-12,14,18H,6,13,15H2,1-5H3,(H,23,25)/t18-/m0/s1. The van der Waals surface area contributed by atoms with Crippen LogP contribution < -0.4 is 19.5 Å². The Morgan fingerprint density at radius 2 is 1.75 bits per heavy atom. The van der Waals surface area contributed by atoms with Crippen LogP contribution in [0.3, 0.4) is 0 Å². The molecule has 0 saturated carbocycles. The average molecular weight is 386 g/mol. The lowest BCUT2D eigenvalue weighted by atomic mass is 10.0. The van der Waals surface area contributed by atoms with Gasteiger partial charge >= 0.3 is 0 Å². The van der Waals surface area contributed by atoms with Gasteiger partial charge in [0, 0.05) is 17.7 Å². The Labute approximate surface area is 167 Å². The molecule has 2 rings (SSSR count). The highest BCUT2D eigenvalue weighted by Gasteiger charge is 2.20. The zero-order chi connectivity index (χ0) is 20.5. The summed E-state index contributed by atoms with van der Waals surface area (Å²) < 4.78 is 16.5. The second-order valence-electron chi connectivity index (χ2n) is 6.65. The Balaban J connectivity index is 2.12. The molecule has 2 aromatic carbocycles. The summed E-state index contributed by atoms with van der Waals surface area (Å²) >= 11 is 0. The number of amides is 1. The Bertz CT molecular complexity index is 777. The monoisotopic (exact) mass is 386 g/mol. The van der Waals surface area contributed by atoms with E-state index in [1.807, 2.05) is 45.3 Å². The van der Waals surface area contributed by atoms with Crippen molar-refractivity contribution in [3.8, 4) is 17.2 Å². The number of likely N-dealkylation sites (N-methyl/N-ethyl adjacent to an activating group) is 1. The third-order valence-corrected chi connectivity index (χ3v) is 4.46. The molecule has 28 heavy (non-hydrogen) atoms. The van der Waals surface area contributed by atoms with Gasteiger partial charge in [0.15, 0.2) is 11.5 Å². The fourth-order valence-electron chi connectivity index (χ4n) is 2.94. The molecule has 6 heteroatoms. The smallest absolute Gasteiger partial charge is 0.251 e. The van der Waals surface area contributed by atoms with Crippen LogP contribution in [0.15, 0.2) is 42.5 Å². The first kappa shape index (κ1) is 21.6. The number of para-hydroxylation sites is 1. The largest absolute Gasteiger partial charge is 0.496 e. The Morgan fingerprint density at radius 1 is 1.04 bits per heavy atom. The third kappa shape index (κ3) is 5.39. The molecule has 0 aliphatic heterocycles. The van der Waals surface area contributed by atoms with Crippen LogP contribution in [0, 0.1) is 0 Å². The maximum Gasteiger partial charge on any atom is 0.251 e. The van der Waals surface area contributed by atoms with E-state index in [9.17, 15) is 4.79 Å². The summed E-state index contributed by atoms with van der Waals surface area (Å²) in [5, 5.41) is 3.01. The lowest BCUT2D eigenvalue weighted by molar-refractivity contribution is 0.0941. The van der Waals surface area contributed by atoms with Crippen molar-refractivity contribution < 1.29 is 19.0 Å². The zero-order valence-corrected chi connectivity index (χ0v) is 17.3. The molecule has 0 unspecified atom stereocenters. The van der Waals surface area contributed by atoms with Crippen LogP contribution in [0.4, 0.5) is 0 Å². The molecule has 1 amide bonds. The highest BCUT2D eigenvalue weighted by Crippen LogP contribution is 2.29. The van der Waals surface area contributed by atoms with E-state index >= 15 is 0 Å². The van der Waals surface area contributed by atoms with E-state index in [0.29, 0.717) is 30.2 Å². The van der Waals surface area contributed by atoms with Crippen molar-refractivity contribution in [1.29, 1.82) is 0 Å². The van der Waals surface area contributed by atoms with Crippen molar-refractivity contribution in [3.63, 3.8) is 0 Å². The van der Waals surface area contributed by atoms with E-state index in [-0.39, 0.29) is 11.9 Å². The van der Waals surface area contributed by atoms with Crippen molar-refractivity contribution in [2.24, 2.45) is 0 Å². The first-order valence-electron chi connectivity index (χ1n) is 9.40. The minimum absolute atomic E-state index is 0.0193. The lowest BCUT2D eigenvalue weighted by Gasteiger charge is -2.26. The molecule has 2 aromatic rings. The molecule has 152 valence electrons. The predicted octanol–water partition coefficient (Wildman–Crippen LogP) is 3.53. The van der Waals surface area contributed by atoms with Crippen LogP contribution >= 0.6 is 0 Å². The van der Waals surface area contributed by atoms with E-state index in [1.54, 1.807) is 32.4 Å². The summed E-state index contributed by atoms with van der Waals surface area (Å²) in [4.78, 5) is 14.7. The number of nitrogens with zero attached hydrogens (tertiary/aromatic N) is 1. The molecule has 0 aromatic heterocycles. The van der Waals surface area contributed by atoms with Gasteiger partial charge in [-0.2, -0.15) is 0 Å². The van der Waals surface area contributed by atoms with Crippen LogP contribution in [0.2, 0.25) is 0 Å². The summed E-state index contributed by atoms with van der Waals surface area (Å²) in [6.07, 6.45) is 0.903. The molecule has 1 atom stereocenters. The molecule has 1 N–H and O–H groups in total. The van der Waals surface area contributed by atoms with Crippen molar-refractivity contribution in [2.45, 2.75) is 19.4 Å². The Morgan fingerprint density at radius 3 is 2.39 bits per heavy atom. The Kier molecular flexibility index (Phi) is 8.14. The molecule has 6 nitrogen and oxygen atoms in total. The van der Waals surface area contributed by atoms with E-state index < -0.39 is 0 Å². The van der Waals surface area contributed by atoms with E-state index in [4.69, 9.17) is 14.2 Å². The summed E-state index contributed by atoms with van der Waals surface area (Å²) in [5.74, 6) is 1.83. The van der Waals surface area contributed by atoms with Crippen LogP contribution in [0.25, 0.3) is 0 Å². The molecule has 0 bridgehead atoms. The number of carbonyl (C=O) groups excluding carboxylic acids is 1. The van der Waals surface area contributed by atoms with Crippen LogP contribution in [0.5, 0.6) is 17.2 Å². The fraction of sp³-hybridized carbons (Fsp3) is 0.409. The molecule has 0 aliphatic rings. The van der Waals surface area contributed by atoms with Crippen LogP contribution in [-0.2, 0) is 0 Å². The first-order chi connectivity index (χ1) is 13.5. The maximum absolute atomic E-state index is 12.7. The quantitative estimate of drug-likeness (QED) is 0.677. The van der Waals surface area contributed by atoms with E-state index in [0.717, 1.165) is 17.7 Å². The van der Waals surface area contributed by atoms with E-state index in [1.165, 1.54) is 0 Å². The summed E-state index contributed by atoms with van der Waals surface area (Å²) in [7, 11) is 7.18. The number of methoxy groups -OCH3 is 2. The number of hydrogen-bond acceptors (Lipinski definition) is 5. The van der Waals surface area contributed by atoms with E-state index in [2.05, 4.69) is 10.2 Å². The fourth-order valence-corrected chi connectivity index (χ4v) is 2.94. The van der Waals surface area contributed by atoms with Gasteiger partial charge in [0.25, 0.3) is 5.91 Å². The van der Waals surface area contributed by atoms with Crippen molar-refractivity contribution in [2.75, 3.05) is 41.5 Å². The molecule has 0 aliphatic carbocycles. The van der Waals surface area contributed by atoms with Gasteiger partial charge in [0.2, 0.25) is 0 Å². The molecular weight excluding hydrogens is 356 g/mol. The van der Waals surface area contributed by atoms with Gasteiger partial charge in [-0.3, -0.25) is 4.79 Å². The van der Waals surface area contributed by atoms with Gasteiger partial charge in [-0.05, 0) is 44.8 Å². The number of carbonyl (C=O) groups is 1. The van der Waals surface area contributed by atoms with Crippen LogP contribution in [0.1, 0.15) is 35.3 Å². The summed E-state index contributed by atoms with van der Waals surface area (Å²) in [6.45, 7) is 3.09. The second kappa shape index (κ2) is 10.6. The predicted molar refractivity (Wildman–Crippen MR) is 111 cm³/mol. The molecule has 0 spiro atoms. The maximum atomic E-state index is 12.7. The average Bonchev–Trinajstić information content (AvgIpc) is 2.72. The topological polar surface area (TPSA) is 60.0 Å². The van der Waals surface area contributed by atoms with Crippen LogP contribution in [-0.4, -0.2) is 52.3 Å². The van der Waals surface area contributed by atoms with Gasteiger partial charge < -0.3 is 24.4 Å². The first-order valence-corrected chi connectivity index (χ1v) is 9.40. The summed E-state index contributed by atoms with van der Waals surface area (Å²) in [5.41, 5.74) is 1.55. The molecule has 0 heterocycles. The Hall–Kier alpha value is -2.73. The number of rotatable bonds is 10. The van der Waals surface area contributed by atoms with Gasteiger partial charge in [-0.1, -0.05) is 25.1 Å². The van der Waals surface area contributed by atoms with Gasteiger partial charge in [0.1, 0.15) is 5.75 Å². The SMILES string of the molecule is CCCOc1ccc(C(=O)NC[C@@H](c2ccccc2OC)N(C)C)cc1OC. The molecule has 0 fully saturated rings. The molecule has 0 radical (unpaired) electrons. The molecular formula is C22H30N2O4. The summed E-state index contributed by atoms with van der Waals surface area (Å²) in [6, 6.07) is 13.0. The van der Waals surface area contributed by atoms with Gasteiger partial charge in [0.05, 0.1) is 26.9 Å². The number of hydrogen-bond donors (Lipinski definition) is 1. The highest BCUT2D eigenvalue weighted by atomic mass is 16.5. The number of ether oxygens (including phenoxy) is 3. The minimum atomic E-state index is -0.165. The normalized spacial score (nSPS) is 11.8. The number of nitrogens with one attached hydrogen (secondary N) is 1. The van der Waals surface area contributed by atoms with Crippen molar-refractivity contribution in [1.82, 2.24) is 10.2 Å². The lowest BCUT2D eigenvalue weighted by Crippen LogP contribution is -2.34.